The maximum Gasteiger partial charge on any atom is 0.222 e. The van der Waals surface area contributed by atoms with Crippen LogP contribution in [0, 0.1) is 5.92 Å². The van der Waals surface area contributed by atoms with Crippen molar-refractivity contribution in [2.75, 3.05) is 52.4 Å². The Morgan fingerprint density at radius 1 is 1.18 bits per heavy atom. The first-order valence-electron chi connectivity index (χ1n) is 9.77. The van der Waals surface area contributed by atoms with Crippen molar-refractivity contribution in [2.45, 2.75) is 25.4 Å². The molecule has 2 N–H and O–H groups in total. The average Bonchev–Trinajstić information content (AvgIpc) is 3.19. The van der Waals surface area contributed by atoms with Crippen LogP contribution < -0.4 is 10.1 Å². The largest absolute Gasteiger partial charge is 0.491 e. The van der Waals surface area contributed by atoms with Crippen molar-refractivity contribution in [1.82, 2.24) is 15.1 Å². The number of hydrogen-bond donors (Lipinski definition) is 2. The van der Waals surface area contributed by atoms with E-state index in [1.807, 2.05) is 35.2 Å². The van der Waals surface area contributed by atoms with Gasteiger partial charge in [0.05, 0.1) is 0 Å². The van der Waals surface area contributed by atoms with Crippen molar-refractivity contribution < 1.29 is 14.6 Å². The number of carbonyl (C=O) groups is 1. The van der Waals surface area contributed by atoms with Gasteiger partial charge in [-0.1, -0.05) is 18.2 Å². The van der Waals surface area contributed by atoms with Crippen molar-refractivity contribution in [3.63, 3.8) is 0 Å². The molecule has 2 saturated heterocycles. The molecule has 3 rings (SSSR count). The summed E-state index contributed by atoms with van der Waals surface area (Å²) in [6.45, 7) is 6.18. The minimum absolute atomic E-state index is 0. The number of nitrogens with zero attached hydrogens (tertiary/aromatic N) is 2. The summed E-state index contributed by atoms with van der Waals surface area (Å²) < 4.78 is 5.60. The zero-order valence-corrected chi connectivity index (χ0v) is 17.9. The zero-order valence-electron chi connectivity index (χ0n) is 16.3. The van der Waals surface area contributed by atoms with Gasteiger partial charge in [-0.3, -0.25) is 9.69 Å². The number of halogens is 2. The van der Waals surface area contributed by atoms with E-state index in [9.17, 15) is 9.90 Å². The fraction of sp³-hybridized carbons (Fsp3) is 0.650. The number of β-amino-alcohol motifs (C(OH)–C–C–N with tert-alkyl or cyclic N) is 1. The van der Waals surface area contributed by atoms with Gasteiger partial charge in [-0.15, -0.1) is 24.8 Å². The maximum atomic E-state index is 12.4. The van der Waals surface area contributed by atoms with Crippen molar-refractivity contribution in [1.29, 1.82) is 0 Å². The molecule has 1 amide bonds. The molecule has 0 aromatic heterocycles. The topological polar surface area (TPSA) is 65.0 Å². The van der Waals surface area contributed by atoms with Gasteiger partial charge in [-0.2, -0.15) is 0 Å². The molecule has 6 nitrogen and oxygen atoms in total. The predicted molar refractivity (Wildman–Crippen MR) is 116 cm³/mol. The van der Waals surface area contributed by atoms with Crippen LogP contribution in [0.5, 0.6) is 5.75 Å². The van der Waals surface area contributed by atoms with E-state index in [2.05, 4.69) is 10.2 Å². The van der Waals surface area contributed by atoms with Crippen molar-refractivity contribution in [2.24, 2.45) is 5.92 Å². The fourth-order valence-corrected chi connectivity index (χ4v) is 3.69. The second-order valence-corrected chi connectivity index (χ2v) is 7.36. The van der Waals surface area contributed by atoms with Crippen LogP contribution in [0.2, 0.25) is 0 Å². The van der Waals surface area contributed by atoms with E-state index in [1.54, 1.807) is 0 Å². The number of benzene rings is 1. The predicted octanol–water partition coefficient (Wildman–Crippen LogP) is 1.80. The number of piperazine rings is 1. The lowest BCUT2D eigenvalue weighted by Gasteiger charge is -2.35. The third-order valence-corrected chi connectivity index (χ3v) is 5.31. The Morgan fingerprint density at radius 3 is 2.54 bits per heavy atom. The maximum absolute atomic E-state index is 12.4. The monoisotopic (exact) mass is 433 g/mol. The van der Waals surface area contributed by atoms with Gasteiger partial charge in [0.25, 0.3) is 0 Å². The highest BCUT2D eigenvalue weighted by atomic mass is 35.5. The normalized spacial score (nSPS) is 20.8. The number of rotatable bonds is 8. The minimum Gasteiger partial charge on any atom is -0.491 e. The third kappa shape index (κ3) is 8.13. The van der Waals surface area contributed by atoms with E-state index < -0.39 is 6.10 Å². The van der Waals surface area contributed by atoms with Crippen molar-refractivity contribution in [3.8, 4) is 5.75 Å². The number of ether oxygens (including phenoxy) is 1. The van der Waals surface area contributed by atoms with Gasteiger partial charge in [0, 0.05) is 39.1 Å². The van der Waals surface area contributed by atoms with E-state index in [1.165, 1.54) is 6.42 Å². The molecule has 0 spiro atoms. The summed E-state index contributed by atoms with van der Waals surface area (Å²) in [4.78, 5) is 16.6. The standard InChI is InChI=1S/C20H31N3O3.2ClH/c24-18(16-26-19-4-2-1-3-5-19)15-22-10-12-23(13-11-22)20(25)7-6-17-8-9-21-14-17;;/h1-5,17-18,21,24H,6-16H2;2*1H. The molecular formula is C20H33Cl2N3O3. The summed E-state index contributed by atoms with van der Waals surface area (Å²) >= 11 is 0. The van der Waals surface area contributed by atoms with Crippen LogP contribution >= 0.6 is 24.8 Å². The number of carbonyl (C=O) groups excluding carboxylic acids is 1. The molecule has 1 aromatic carbocycles. The van der Waals surface area contributed by atoms with Gasteiger partial charge in [0.2, 0.25) is 5.91 Å². The lowest BCUT2D eigenvalue weighted by Crippen LogP contribution is -2.51. The second-order valence-electron chi connectivity index (χ2n) is 7.36. The molecule has 0 aliphatic carbocycles. The Morgan fingerprint density at radius 2 is 1.89 bits per heavy atom. The van der Waals surface area contributed by atoms with Crippen LogP contribution in [0.25, 0.3) is 0 Å². The molecule has 0 radical (unpaired) electrons. The molecule has 2 unspecified atom stereocenters. The quantitative estimate of drug-likeness (QED) is 0.654. The van der Waals surface area contributed by atoms with E-state index in [4.69, 9.17) is 4.74 Å². The van der Waals surface area contributed by atoms with Gasteiger partial charge < -0.3 is 20.1 Å². The average molecular weight is 434 g/mol. The number of hydrogen-bond acceptors (Lipinski definition) is 5. The highest BCUT2D eigenvalue weighted by molar-refractivity contribution is 5.85. The van der Waals surface area contributed by atoms with E-state index in [0.717, 1.165) is 51.4 Å². The van der Waals surface area contributed by atoms with Gasteiger partial charge in [-0.25, -0.2) is 0 Å². The van der Waals surface area contributed by atoms with E-state index in [-0.39, 0.29) is 30.7 Å². The van der Waals surface area contributed by atoms with Crippen LogP contribution in [0.1, 0.15) is 19.3 Å². The highest BCUT2D eigenvalue weighted by Gasteiger charge is 2.24. The molecular weight excluding hydrogens is 401 g/mol. The Hall–Kier alpha value is -1.05. The van der Waals surface area contributed by atoms with Gasteiger partial charge in [-0.05, 0) is 44.0 Å². The van der Waals surface area contributed by atoms with Gasteiger partial charge in [0.1, 0.15) is 18.5 Å². The Labute approximate surface area is 180 Å². The molecule has 1 aromatic rings. The van der Waals surface area contributed by atoms with Crippen molar-refractivity contribution in [3.05, 3.63) is 30.3 Å². The molecule has 0 saturated carbocycles. The zero-order chi connectivity index (χ0) is 18.2. The smallest absolute Gasteiger partial charge is 0.222 e. The van der Waals surface area contributed by atoms with Crippen LogP contribution in [0.3, 0.4) is 0 Å². The molecule has 2 fully saturated rings. The number of amides is 1. The minimum atomic E-state index is -0.521. The molecule has 2 heterocycles. The molecule has 0 bridgehead atoms. The van der Waals surface area contributed by atoms with Crippen LogP contribution in [-0.4, -0.2) is 79.3 Å². The summed E-state index contributed by atoms with van der Waals surface area (Å²) in [5.41, 5.74) is 0. The lowest BCUT2D eigenvalue weighted by molar-refractivity contribution is -0.133. The van der Waals surface area contributed by atoms with Gasteiger partial charge >= 0.3 is 0 Å². The molecule has 28 heavy (non-hydrogen) atoms. The summed E-state index contributed by atoms with van der Waals surface area (Å²) in [6, 6.07) is 9.55. The number of nitrogens with one attached hydrogen (secondary N) is 1. The molecule has 8 heteroatoms. The lowest BCUT2D eigenvalue weighted by atomic mass is 10.0. The van der Waals surface area contributed by atoms with Crippen LogP contribution in [0.4, 0.5) is 0 Å². The summed E-state index contributed by atoms with van der Waals surface area (Å²) in [7, 11) is 0. The first kappa shape index (κ1) is 25.0. The Kier molecular flexibility index (Phi) is 11.8. The Bertz CT molecular complexity index is 551. The van der Waals surface area contributed by atoms with Gasteiger partial charge in [0.15, 0.2) is 0 Å². The fourth-order valence-electron chi connectivity index (χ4n) is 3.69. The van der Waals surface area contributed by atoms with E-state index in [0.29, 0.717) is 25.5 Å². The van der Waals surface area contributed by atoms with Crippen LogP contribution in [0.15, 0.2) is 30.3 Å². The van der Waals surface area contributed by atoms with E-state index >= 15 is 0 Å². The Balaban J connectivity index is 0.00000196. The third-order valence-electron chi connectivity index (χ3n) is 5.31. The van der Waals surface area contributed by atoms with Crippen LogP contribution in [-0.2, 0) is 4.79 Å². The first-order valence-corrected chi connectivity index (χ1v) is 9.77. The molecule has 2 aliphatic heterocycles. The highest BCUT2D eigenvalue weighted by Crippen LogP contribution is 2.16. The molecule has 160 valence electrons. The molecule has 2 aliphatic rings. The van der Waals surface area contributed by atoms with Crippen molar-refractivity contribution >= 4 is 30.7 Å². The SMILES string of the molecule is Cl.Cl.O=C(CCC1CCNC1)N1CCN(CC(O)COc2ccccc2)CC1. The summed E-state index contributed by atoms with van der Waals surface area (Å²) in [6.07, 6.45) is 2.35. The summed E-state index contributed by atoms with van der Waals surface area (Å²) in [5, 5.41) is 13.5. The number of aliphatic hydroxyl groups excluding tert-OH is 1. The molecule has 2 atom stereocenters. The first-order chi connectivity index (χ1) is 12.7. The number of aliphatic hydroxyl groups is 1. The number of para-hydroxylation sites is 1. The summed E-state index contributed by atoms with van der Waals surface area (Å²) in [5.74, 6) is 1.73. The second kappa shape index (κ2) is 13.2.